The molecule has 0 radical (unpaired) electrons. The molecule has 0 fully saturated rings. The Bertz CT molecular complexity index is 1490. The van der Waals surface area contributed by atoms with Crippen LogP contribution in [0.4, 0.5) is 5.13 Å². The topological polar surface area (TPSA) is 155 Å². The van der Waals surface area contributed by atoms with Crippen LogP contribution in [-0.4, -0.2) is 66.6 Å². The summed E-state index contributed by atoms with van der Waals surface area (Å²) in [6.45, 7) is 0.406. The van der Waals surface area contributed by atoms with Crippen LogP contribution in [0.1, 0.15) is 17.0 Å². The van der Waals surface area contributed by atoms with E-state index in [9.17, 15) is 13.2 Å². The molecule has 12 nitrogen and oxygen atoms in total. The Morgan fingerprint density at radius 1 is 1.14 bits per heavy atom. The molecule has 0 atom stereocenters. The van der Waals surface area contributed by atoms with Crippen LogP contribution in [-0.2, 0) is 30.8 Å². The van der Waals surface area contributed by atoms with Crippen molar-refractivity contribution < 1.29 is 27.5 Å². The Labute approximate surface area is 220 Å². The Morgan fingerprint density at radius 2 is 1.95 bits per heavy atom. The van der Waals surface area contributed by atoms with Crippen molar-refractivity contribution in [1.82, 2.24) is 19.9 Å². The van der Waals surface area contributed by atoms with Gasteiger partial charge in [-0.05, 0) is 18.6 Å². The van der Waals surface area contributed by atoms with Crippen LogP contribution in [0, 0.1) is 0 Å². The number of fused-ring (bicyclic) bond motifs is 1. The zero-order valence-corrected chi connectivity index (χ0v) is 22.2. The summed E-state index contributed by atoms with van der Waals surface area (Å²) in [5.41, 5.74) is 0.631. The van der Waals surface area contributed by atoms with Gasteiger partial charge in [-0.3, -0.25) is 10.1 Å². The molecule has 4 aromatic rings. The first-order chi connectivity index (χ1) is 17.9. The Balaban J connectivity index is 1.57. The van der Waals surface area contributed by atoms with Crippen molar-refractivity contribution in [3.05, 3.63) is 52.6 Å². The molecule has 1 N–H and O–H groups in total. The maximum Gasteiger partial charge on any atom is 0.280 e. The smallest absolute Gasteiger partial charge is 0.280 e. The number of hydrogen-bond acceptors (Lipinski definition) is 13. The lowest BCUT2D eigenvalue weighted by atomic mass is 10.1. The van der Waals surface area contributed by atoms with Crippen LogP contribution < -0.4 is 10.1 Å². The number of ether oxygens (including phenoxy) is 2. The van der Waals surface area contributed by atoms with E-state index in [0.717, 1.165) is 11.3 Å². The summed E-state index contributed by atoms with van der Waals surface area (Å²) in [7, 11) is -0.510. The number of hydrogen-bond donors (Lipinski definition) is 1. The molecule has 0 aliphatic heterocycles. The van der Waals surface area contributed by atoms with Gasteiger partial charge >= 0.3 is 0 Å². The summed E-state index contributed by atoms with van der Waals surface area (Å²) in [5.74, 6) is -0.340. The first-order valence-electron chi connectivity index (χ1n) is 10.8. The van der Waals surface area contributed by atoms with Gasteiger partial charge in [-0.2, -0.15) is 9.97 Å². The average Bonchev–Trinajstić information content (AvgIpc) is 3.55. The second-order valence-electron chi connectivity index (χ2n) is 7.34. The van der Waals surface area contributed by atoms with Gasteiger partial charge in [0.15, 0.2) is 37.8 Å². The molecule has 0 bridgehead atoms. The fraction of sp³-hybridized carbons (Fsp3) is 0.273. The van der Waals surface area contributed by atoms with E-state index in [1.807, 2.05) is 0 Å². The number of sulfone groups is 1. The Kier molecular flexibility index (Phi) is 8.70. The summed E-state index contributed by atoms with van der Waals surface area (Å²) in [4.78, 5) is 36.0. The minimum Gasteiger partial charge on any atom is -0.480 e. The van der Waals surface area contributed by atoms with E-state index in [0.29, 0.717) is 40.0 Å². The molecule has 3 aromatic heterocycles. The number of benzene rings is 1. The lowest BCUT2D eigenvalue weighted by Crippen LogP contribution is -2.24. The molecule has 15 heteroatoms. The van der Waals surface area contributed by atoms with Crippen LogP contribution in [0.3, 0.4) is 0 Å². The maximum atomic E-state index is 13.2. The normalized spacial score (nSPS) is 12.0. The minimum atomic E-state index is -3.50. The number of methoxy groups -OCH3 is 2. The quantitative estimate of drug-likeness (QED) is 0.155. The van der Waals surface area contributed by atoms with E-state index in [1.54, 1.807) is 11.6 Å². The highest BCUT2D eigenvalue weighted by Gasteiger charge is 2.20. The minimum absolute atomic E-state index is 0.0526. The van der Waals surface area contributed by atoms with E-state index >= 15 is 0 Å². The molecule has 1 amide bonds. The van der Waals surface area contributed by atoms with Crippen molar-refractivity contribution in [1.29, 1.82) is 0 Å². The van der Waals surface area contributed by atoms with E-state index in [-0.39, 0.29) is 28.1 Å². The van der Waals surface area contributed by atoms with E-state index < -0.39 is 15.7 Å². The molecule has 3 heterocycles. The molecule has 4 rings (SSSR count). The third-order valence-corrected chi connectivity index (χ3v) is 8.25. The van der Waals surface area contributed by atoms with Crippen molar-refractivity contribution in [2.45, 2.75) is 17.9 Å². The van der Waals surface area contributed by atoms with Crippen LogP contribution in [0.2, 0.25) is 0 Å². The van der Waals surface area contributed by atoms with Gasteiger partial charge in [0.2, 0.25) is 5.88 Å². The van der Waals surface area contributed by atoms with Gasteiger partial charge < -0.3 is 14.3 Å². The predicted octanol–water partition coefficient (Wildman–Crippen LogP) is 2.92. The third kappa shape index (κ3) is 6.82. The molecular weight excluding hydrogens is 540 g/mol. The number of carbonyl (C=O) groups is 1. The molecule has 0 aliphatic carbocycles. The molecular formula is C22H22N6O6S3. The van der Waals surface area contributed by atoms with Gasteiger partial charge in [-0.15, -0.1) is 11.3 Å². The number of amides is 1. The number of thiazole rings is 2. The number of nitrogens with one attached hydrogen (secondary N) is 1. The lowest BCUT2D eigenvalue weighted by Gasteiger charge is -2.08. The van der Waals surface area contributed by atoms with Crippen molar-refractivity contribution in [2.24, 2.45) is 5.16 Å². The highest BCUT2D eigenvalue weighted by molar-refractivity contribution is 7.91. The number of nitrogens with zero attached hydrogens (tertiary/aromatic N) is 5. The van der Waals surface area contributed by atoms with Crippen LogP contribution >= 0.6 is 22.7 Å². The number of carbonyl (C=O) groups excluding carboxylic acids is 1. The number of oxime groups is 1. The number of rotatable bonds is 12. The summed E-state index contributed by atoms with van der Waals surface area (Å²) in [6.07, 6.45) is 3.44. The van der Waals surface area contributed by atoms with Crippen LogP contribution in [0.25, 0.3) is 10.5 Å². The molecule has 0 aliphatic rings. The van der Waals surface area contributed by atoms with Crippen LogP contribution in [0.15, 0.2) is 52.1 Å². The second kappa shape index (κ2) is 12.1. The summed E-state index contributed by atoms with van der Waals surface area (Å²) in [5, 5.41) is 9.44. The highest BCUT2D eigenvalue weighted by Crippen LogP contribution is 2.25. The van der Waals surface area contributed by atoms with Crippen molar-refractivity contribution in [3.8, 4) is 5.88 Å². The van der Waals surface area contributed by atoms with Gasteiger partial charge in [0.1, 0.15) is 5.01 Å². The maximum absolute atomic E-state index is 13.2. The van der Waals surface area contributed by atoms with Gasteiger partial charge in [0, 0.05) is 30.9 Å². The van der Waals surface area contributed by atoms with Crippen molar-refractivity contribution >= 4 is 59.7 Å². The van der Waals surface area contributed by atoms with Crippen molar-refractivity contribution in [2.75, 3.05) is 31.9 Å². The Morgan fingerprint density at radius 3 is 2.65 bits per heavy atom. The lowest BCUT2D eigenvalue weighted by molar-refractivity contribution is -0.110. The standard InChI is InChI=1S/C22H22N6O6S3/c1-32-9-3-11-37(30,31)15-6-4-14(5-7-15)18(28-34-13-17-23-8-10-35-17)20(29)27-22-26-19-21(36-22)25-16(33-2)12-24-19/h4-8,10,12H,3,9,11,13H2,1-2H3,(H,24,26,27,29). The van der Waals surface area contributed by atoms with Gasteiger partial charge in [-0.1, -0.05) is 28.6 Å². The highest BCUT2D eigenvalue weighted by atomic mass is 32.2. The predicted molar refractivity (Wildman–Crippen MR) is 139 cm³/mol. The molecule has 194 valence electrons. The largest absolute Gasteiger partial charge is 0.480 e. The fourth-order valence-electron chi connectivity index (χ4n) is 3.05. The van der Waals surface area contributed by atoms with Gasteiger partial charge in [-0.25, -0.2) is 18.4 Å². The van der Waals surface area contributed by atoms with E-state index in [1.165, 1.54) is 56.0 Å². The molecule has 0 unspecified atom stereocenters. The van der Waals surface area contributed by atoms with E-state index in [4.69, 9.17) is 14.3 Å². The molecule has 0 spiro atoms. The van der Waals surface area contributed by atoms with Crippen molar-refractivity contribution in [3.63, 3.8) is 0 Å². The summed E-state index contributed by atoms with van der Waals surface area (Å²) in [6, 6.07) is 5.86. The molecule has 0 saturated carbocycles. The Hall–Kier alpha value is -3.53. The van der Waals surface area contributed by atoms with Crippen LogP contribution in [0.5, 0.6) is 5.88 Å². The second-order valence-corrected chi connectivity index (χ2v) is 11.4. The molecule has 0 saturated heterocycles. The third-order valence-electron chi connectivity index (χ3n) is 4.82. The van der Waals surface area contributed by atoms with E-state index in [2.05, 4.69) is 30.4 Å². The average molecular weight is 563 g/mol. The summed E-state index contributed by atoms with van der Waals surface area (Å²) >= 11 is 2.50. The SMILES string of the molecule is COCCCS(=O)(=O)c1ccc(C(=NOCc2nccs2)C(=O)Nc2nc3ncc(OC)nc3s2)cc1. The fourth-order valence-corrected chi connectivity index (χ4v) is 5.64. The molecule has 37 heavy (non-hydrogen) atoms. The molecule has 1 aromatic carbocycles. The monoisotopic (exact) mass is 562 g/mol. The van der Waals surface area contributed by atoms with Gasteiger partial charge in [0.25, 0.3) is 5.91 Å². The zero-order chi connectivity index (χ0) is 26.3. The first-order valence-corrected chi connectivity index (χ1v) is 14.1. The first kappa shape index (κ1) is 26.5. The zero-order valence-electron chi connectivity index (χ0n) is 19.8. The summed E-state index contributed by atoms with van der Waals surface area (Å²) < 4.78 is 35.2. The van der Waals surface area contributed by atoms with Gasteiger partial charge in [0.05, 0.1) is 24.0 Å². The number of anilines is 1. The number of aromatic nitrogens is 4.